The van der Waals surface area contributed by atoms with Crippen LogP contribution in [0.3, 0.4) is 0 Å². The highest BCUT2D eigenvalue weighted by Gasteiger charge is 2.19. The number of benzene rings is 1. The molecule has 0 aliphatic heterocycles. The standard InChI is InChI=1S/C12H10Cl2N6O/c1-6(20-5-17-10(4-15)19-20)12(21)18-11-8(13)2-7(16)3-9(11)14/h2-3,5-6H,16H2,1H3,(H,18,21). The van der Waals surface area contributed by atoms with Crippen molar-refractivity contribution in [3.05, 3.63) is 34.3 Å². The van der Waals surface area contributed by atoms with Crippen LogP contribution < -0.4 is 11.1 Å². The maximum absolute atomic E-state index is 12.2. The predicted octanol–water partition coefficient (Wildman–Crippen LogP) is 2.24. The minimum Gasteiger partial charge on any atom is -0.399 e. The van der Waals surface area contributed by atoms with Gasteiger partial charge in [-0.05, 0) is 19.1 Å². The van der Waals surface area contributed by atoms with Gasteiger partial charge in [-0.3, -0.25) is 4.79 Å². The minimum absolute atomic E-state index is 0.0156. The summed E-state index contributed by atoms with van der Waals surface area (Å²) in [6, 6.07) is 4.06. The molecule has 0 spiro atoms. The van der Waals surface area contributed by atoms with Gasteiger partial charge in [-0.1, -0.05) is 23.2 Å². The van der Waals surface area contributed by atoms with E-state index in [-0.39, 0.29) is 21.6 Å². The van der Waals surface area contributed by atoms with Crippen molar-refractivity contribution in [2.45, 2.75) is 13.0 Å². The first-order chi connectivity index (χ1) is 9.92. The Hall–Kier alpha value is -2.30. The third-order valence-electron chi connectivity index (χ3n) is 2.70. The molecule has 0 fully saturated rings. The van der Waals surface area contributed by atoms with E-state index < -0.39 is 11.9 Å². The van der Waals surface area contributed by atoms with E-state index in [0.717, 1.165) is 0 Å². The molecule has 2 aromatic rings. The molecule has 1 heterocycles. The van der Waals surface area contributed by atoms with Crippen LogP contribution in [0.15, 0.2) is 18.5 Å². The van der Waals surface area contributed by atoms with Crippen LogP contribution in [0.25, 0.3) is 0 Å². The number of nitriles is 1. The molecule has 9 heteroatoms. The fourth-order valence-electron chi connectivity index (χ4n) is 1.57. The zero-order valence-electron chi connectivity index (χ0n) is 10.8. The lowest BCUT2D eigenvalue weighted by Gasteiger charge is -2.14. The van der Waals surface area contributed by atoms with E-state index in [1.807, 2.05) is 0 Å². The van der Waals surface area contributed by atoms with Crippen molar-refractivity contribution in [1.82, 2.24) is 14.8 Å². The molecule has 1 amide bonds. The third-order valence-corrected chi connectivity index (χ3v) is 3.29. The number of rotatable bonds is 3. The molecule has 1 atom stereocenters. The molecule has 21 heavy (non-hydrogen) atoms. The molecule has 3 N–H and O–H groups in total. The van der Waals surface area contributed by atoms with E-state index in [0.29, 0.717) is 5.69 Å². The van der Waals surface area contributed by atoms with E-state index in [1.54, 1.807) is 13.0 Å². The maximum Gasteiger partial charge on any atom is 0.252 e. The highest BCUT2D eigenvalue weighted by Crippen LogP contribution is 2.33. The van der Waals surface area contributed by atoms with Crippen molar-refractivity contribution in [3.63, 3.8) is 0 Å². The summed E-state index contributed by atoms with van der Waals surface area (Å²) < 4.78 is 1.27. The smallest absolute Gasteiger partial charge is 0.252 e. The monoisotopic (exact) mass is 324 g/mol. The van der Waals surface area contributed by atoms with Gasteiger partial charge in [0.25, 0.3) is 5.82 Å². The summed E-state index contributed by atoms with van der Waals surface area (Å²) in [5.41, 5.74) is 6.26. The summed E-state index contributed by atoms with van der Waals surface area (Å²) >= 11 is 12.0. The molecule has 0 saturated heterocycles. The number of hydrogen-bond acceptors (Lipinski definition) is 5. The van der Waals surface area contributed by atoms with Gasteiger partial charge in [0.15, 0.2) is 0 Å². The molecule has 0 aliphatic rings. The molecule has 1 aromatic heterocycles. The van der Waals surface area contributed by atoms with Gasteiger partial charge in [-0.2, -0.15) is 5.26 Å². The Labute approximate surface area is 130 Å². The van der Waals surface area contributed by atoms with Crippen LogP contribution in [-0.2, 0) is 4.79 Å². The Morgan fingerprint density at radius 3 is 2.62 bits per heavy atom. The zero-order chi connectivity index (χ0) is 15.6. The Kier molecular flexibility index (Phi) is 4.31. The molecular formula is C12H10Cl2N6O. The van der Waals surface area contributed by atoms with Crippen LogP contribution in [0, 0.1) is 11.3 Å². The van der Waals surface area contributed by atoms with Crippen LogP contribution in [0.1, 0.15) is 18.8 Å². The molecule has 108 valence electrons. The number of halogens is 2. The van der Waals surface area contributed by atoms with Crippen molar-refractivity contribution in [2.75, 3.05) is 11.1 Å². The van der Waals surface area contributed by atoms with Crippen LogP contribution in [0.2, 0.25) is 10.0 Å². The maximum atomic E-state index is 12.2. The fourth-order valence-corrected chi connectivity index (χ4v) is 2.17. The average Bonchev–Trinajstić information content (AvgIpc) is 2.90. The Balaban J connectivity index is 2.20. The lowest BCUT2D eigenvalue weighted by atomic mass is 10.2. The van der Waals surface area contributed by atoms with E-state index in [1.165, 1.54) is 23.1 Å². The van der Waals surface area contributed by atoms with E-state index in [4.69, 9.17) is 34.2 Å². The largest absolute Gasteiger partial charge is 0.399 e. The summed E-state index contributed by atoms with van der Waals surface area (Å²) in [7, 11) is 0. The van der Waals surface area contributed by atoms with Gasteiger partial charge in [-0.15, -0.1) is 5.10 Å². The first kappa shape index (κ1) is 15.1. The Bertz CT molecular complexity index is 713. The molecule has 0 saturated carbocycles. The summed E-state index contributed by atoms with van der Waals surface area (Å²) in [6.07, 6.45) is 1.30. The lowest BCUT2D eigenvalue weighted by Crippen LogP contribution is -2.24. The minimum atomic E-state index is -0.690. The number of carbonyl (C=O) groups is 1. The zero-order valence-corrected chi connectivity index (χ0v) is 12.4. The van der Waals surface area contributed by atoms with Crippen molar-refractivity contribution in [2.24, 2.45) is 0 Å². The molecule has 2 rings (SSSR count). The molecule has 1 aromatic carbocycles. The SMILES string of the molecule is CC(C(=O)Nc1c(Cl)cc(N)cc1Cl)n1cnc(C#N)n1. The molecule has 7 nitrogen and oxygen atoms in total. The normalized spacial score (nSPS) is 11.7. The second-order valence-electron chi connectivity index (χ2n) is 4.18. The summed E-state index contributed by atoms with van der Waals surface area (Å²) in [6.45, 7) is 1.60. The van der Waals surface area contributed by atoms with Gasteiger partial charge in [-0.25, -0.2) is 9.67 Å². The second-order valence-corrected chi connectivity index (χ2v) is 5.00. The summed E-state index contributed by atoms with van der Waals surface area (Å²) in [4.78, 5) is 15.9. The van der Waals surface area contributed by atoms with E-state index in [9.17, 15) is 4.79 Å². The first-order valence-electron chi connectivity index (χ1n) is 5.79. The Morgan fingerprint density at radius 1 is 1.48 bits per heavy atom. The van der Waals surface area contributed by atoms with Crippen LogP contribution in [0.5, 0.6) is 0 Å². The van der Waals surface area contributed by atoms with Gasteiger partial charge in [0, 0.05) is 5.69 Å². The van der Waals surface area contributed by atoms with Gasteiger partial charge in [0.05, 0.1) is 15.7 Å². The van der Waals surface area contributed by atoms with Gasteiger partial charge >= 0.3 is 0 Å². The van der Waals surface area contributed by atoms with E-state index >= 15 is 0 Å². The number of nitrogen functional groups attached to an aromatic ring is 1. The Morgan fingerprint density at radius 2 is 2.10 bits per heavy atom. The van der Waals surface area contributed by atoms with E-state index in [2.05, 4.69) is 15.4 Å². The number of aromatic nitrogens is 3. The number of carbonyl (C=O) groups excluding carboxylic acids is 1. The quantitative estimate of drug-likeness (QED) is 0.841. The number of amides is 1. The predicted molar refractivity (Wildman–Crippen MR) is 79.0 cm³/mol. The van der Waals surface area contributed by atoms with Crippen molar-refractivity contribution < 1.29 is 4.79 Å². The number of nitrogens with one attached hydrogen (secondary N) is 1. The molecular weight excluding hydrogens is 315 g/mol. The molecule has 0 bridgehead atoms. The summed E-state index contributed by atoms with van der Waals surface area (Å²) in [5, 5.41) is 15.6. The molecule has 1 unspecified atom stereocenters. The third kappa shape index (κ3) is 3.24. The van der Waals surface area contributed by atoms with Crippen molar-refractivity contribution in [3.8, 4) is 6.07 Å². The second kappa shape index (κ2) is 5.99. The van der Waals surface area contributed by atoms with Gasteiger partial charge < -0.3 is 11.1 Å². The highest BCUT2D eigenvalue weighted by atomic mass is 35.5. The van der Waals surface area contributed by atoms with Crippen LogP contribution >= 0.6 is 23.2 Å². The van der Waals surface area contributed by atoms with Crippen LogP contribution in [-0.4, -0.2) is 20.7 Å². The lowest BCUT2D eigenvalue weighted by molar-refractivity contribution is -0.119. The van der Waals surface area contributed by atoms with Crippen molar-refractivity contribution >= 4 is 40.5 Å². The van der Waals surface area contributed by atoms with Crippen LogP contribution in [0.4, 0.5) is 11.4 Å². The topological polar surface area (TPSA) is 110 Å². The number of nitrogens with zero attached hydrogens (tertiary/aromatic N) is 4. The summed E-state index contributed by atoms with van der Waals surface area (Å²) in [5.74, 6) is -0.420. The average molecular weight is 325 g/mol. The van der Waals surface area contributed by atoms with Crippen molar-refractivity contribution in [1.29, 1.82) is 5.26 Å². The molecule has 0 radical (unpaired) electrons. The van der Waals surface area contributed by atoms with Gasteiger partial charge in [0.2, 0.25) is 5.91 Å². The fraction of sp³-hybridized carbons (Fsp3) is 0.167. The number of anilines is 2. The number of nitrogens with two attached hydrogens (primary N) is 1. The molecule has 0 aliphatic carbocycles. The highest BCUT2D eigenvalue weighted by molar-refractivity contribution is 6.40. The first-order valence-corrected chi connectivity index (χ1v) is 6.54. The van der Waals surface area contributed by atoms with Gasteiger partial charge in [0.1, 0.15) is 18.4 Å². The number of hydrogen-bond donors (Lipinski definition) is 2.